The summed E-state index contributed by atoms with van der Waals surface area (Å²) in [5.74, 6) is 0.773. The molecule has 0 aliphatic carbocycles. The van der Waals surface area contributed by atoms with Crippen LogP contribution in [-0.2, 0) is 24.2 Å². The van der Waals surface area contributed by atoms with Gasteiger partial charge in [-0.2, -0.15) is 0 Å². The molecule has 4 aromatic rings. The minimum Gasteiger partial charge on any atom is -0.497 e. The number of thiazole rings is 1. The first-order valence-corrected chi connectivity index (χ1v) is 10.7. The summed E-state index contributed by atoms with van der Waals surface area (Å²) in [7, 11) is 1.63. The highest BCUT2D eigenvalue weighted by atomic mass is 32.1. The molecule has 0 radical (unpaired) electrons. The molecule has 2 heterocycles. The Hall–Kier alpha value is -3.25. The zero-order valence-electron chi connectivity index (χ0n) is 17.0. The number of anilines is 1. The third kappa shape index (κ3) is 4.49. The van der Waals surface area contributed by atoms with E-state index in [9.17, 15) is 4.79 Å². The Labute approximate surface area is 180 Å². The largest absolute Gasteiger partial charge is 0.497 e. The first-order valence-electron chi connectivity index (χ1n) is 9.88. The van der Waals surface area contributed by atoms with Crippen LogP contribution in [0.1, 0.15) is 23.6 Å². The Kier molecular flexibility index (Phi) is 6.05. The Morgan fingerprint density at radius 1 is 1.07 bits per heavy atom. The molecular weight excluding hydrogens is 394 g/mol. The van der Waals surface area contributed by atoms with E-state index in [-0.39, 0.29) is 5.91 Å². The summed E-state index contributed by atoms with van der Waals surface area (Å²) in [4.78, 5) is 24.0. The summed E-state index contributed by atoms with van der Waals surface area (Å²) in [6.45, 7) is 2.57. The number of aromatic nitrogens is 2. The zero-order chi connectivity index (χ0) is 20.9. The normalized spacial score (nSPS) is 10.9. The van der Waals surface area contributed by atoms with Crippen molar-refractivity contribution in [3.05, 3.63) is 83.7 Å². The molecule has 0 aliphatic rings. The first kappa shape index (κ1) is 20.0. The van der Waals surface area contributed by atoms with Gasteiger partial charge in [-0.25, -0.2) is 4.98 Å². The van der Waals surface area contributed by atoms with Gasteiger partial charge in [0, 0.05) is 12.4 Å². The molecule has 0 unspecified atom stereocenters. The molecule has 0 fully saturated rings. The van der Waals surface area contributed by atoms with Gasteiger partial charge >= 0.3 is 0 Å². The SMILES string of the molecule is CCc1ccc2nc(N(Cc3cccnc3)C(=O)Cc3ccc(OC)cc3)sc2c1. The van der Waals surface area contributed by atoms with Gasteiger partial charge in [0.1, 0.15) is 5.75 Å². The number of rotatable bonds is 7. The highest BCUT2D eigenvalue weighted by molar-refractivity contribution is 7.22. The van der Waals surface area contributed by atoms with Crippen LogP contribution < -0.4 is 9.64 Å². The molecule has 0 spiro atoms. The van der Waals surface area contributed by atoms with Crippen LogP contribution in [0, 0.1) is 0 Å². The topological polar surface area (TPSA) is 55.3 Å². The lowest BCUT2D eigenvalue weighted by atomic mass is 10.1. The predicted molar refractivity (Wildman–Crippen MR) is 121 cm³/mol. The van der Waals surface area contributed by atoms with E-state index >= 15 is 0 Å². The van der Waals surface area contributed by atoms with E-state index in [0.29, 0.717) is 18.1 Å². The molecule has 0 saturated heterocycles. The second kappa shape index (κ2) is 9.05. The lowest BCUT2D eigenvalue weighted by Crippen LogP contribution is -2.31. The quantitative estimate of drug-likeness (QED) is 0.423. The first-order chi connectivity index (χ1) is 14.7. The Balaban J connectivity index is 1.65. The van der Waals surface area contributed by atoms with Gasteiger partial charge in [-0.15, -0.1) is 0 Å². The smallest absolute Gasteiger partial charge is 0.233 e. The molecular formula is C24H23N3O2S. The molecule has 2 aromatic carbocycles. The number of aryl methyl sites for hydroxylation is 1. The van der Waals surface area contributed by atoms with Gasteiger partial charge in [0.25, 0.3) is 0 Å². The molecule has 5 nitrogen and oxygen atoms in total. The summed E-state index contributed by atoms with van der Waals surface area (Å²) in [5.41, 5.74) is 4.09. The maximum absolute atomic E-state index is 13.3. The maximum Gasteiger partial charge on any atom is 0.233 e. The van der Waals surface area contributed by atoms with Crippen molar-refractivity contribution < 1.29 is 9.53 Å². The van der Waals surface area contributed by atoms with E-state index in [2.05, 4.69) is 24.0 Å². The molecule has 30 heavy (non-hydrogen) atoms. The van der Waals surface area contributed by atoms with Crippen LogP contribution in [0.4, 0.5) is 5.13 Å². The van der Waals surface area contributed by atoms with Crippen molar-refractivity contribution in [3.8, 4) is 5.75 Å². The fourth-order valence-electron chi connectivity index (χ4n) is 3.24. The minimum absolute atomic E-state index is 0.00112. The van der Waals surface area contributed by atoms with Gasteiger partial charge in [-0.05, 0) is 53.4 Å². The third-order valence-corrected chi connectivity index (χ3v) is 6.00. The number of pyridine rings is 1. The molecule has 4 rings (SSSR count). The number of hydrogen-bond donors (Lipinski definition) is 0. The number of carbonyl (C=O) groups is 1. The van der Waals surface area contributed by atoms with Gasteiger partial charge in [0.15, 0.2) is 5.13 Å². The van der Waals surface area contributed by atoms with E-state index < -0.39 is 0 Å². The zero-order valence-corrected chi connectivity index (χ0v) is 17.9. The summed E-state index contributed by atoms with van der Waals surface area (Å²) in [6, 6.07) is 17.7. The summed E-state index contributed by atoms with van der Waals surface area (Å²) in [5, 5.41) is 0.709. The molecule has 6 heteroatoms. The number of carbonyl (C=O) groups excluding carboxylic acids is 1. The fraction of sp³-hybridized carbons (Fsp3) is 0.208. The lowest BCUT2D eigenvalue weighted by Gasteiger charge is -2.20. The van der Waals surface area contributed by atoms with Crippen molar-refractivity contribution in [1.82, 2.24) is 9.97 Å². The minimum atomic E-state index is -0.00112. The van der Waals surface area contributed by atoms with Crippen LogP contribution in [0.15, 0.2) is 67.0 Å². The second-order valence-corrected chi connectivity index (χ2v) is 8.03. The molecule has 0 atom stereocenters. The highest BCUT2D eigenvalue weighted by Gasteiger charge is 2.21. The molecule has 1 amide bonds. The predicted octanol–water partition coefficient (Wildman–Crippen LogP) is 5.04. The van der Waals surface area contributed by atoms with Gasteiger partial charge in [0.05, 0.1) is 30.3 Å². The van der Waals surface area contributed by atoms with Crippen LogP contribution in [0.5, 0.6) is 5.75 Å². The summed E-state index contributed by atoms with van der Waals surface area (Å²) < 4.78 is 6.31. The standard InChI is InChI=1S/C24H23N3O2S/c1-3-17-8-11-21-22(13-17)30-24(26-21)27(16-19-5-4-12-25-15-19)23(28)14-18-6-9-20(29-2)10-7-18/h4-13,15H,3,14,16H2,1-2H3. The van der Waals surface area contributed by atoms with Crippen molar-refractivity contribution in [2.24, 2.45) is 0 Å². The average molecular weight is 418 g/mol. The van der Waals surface area contributed by atoms with Crippen LogP contribution in [0.25, 0.3) is 10.2 Å². The molecule has 152 valence electrons. The molecule has 0 bridgehead atoms. The van der Waals surface area contributed by atoms with Crippen LogP contribution >= 0.6 is 11.3 Å². The Bertz CT molecular complexity index is 1140. The lowest BCUT2D eigenvalue weighted by molar-refractivity contribution is -0.118. The number of benzene rings is 2. The number of amides is 1. The van der Waals surface area contributed by atoms with E-state index in [1.54, 1.807) is 35.7 Å². The Morgan fingerprint density at radius 3 is 2.57 bits per heavy atom. The highest BCUT2D eigenvalue weighted by Crippen LogP contribution is 2.31. The summed E-state index contributed by atoms with van der Waals surface area (Å²) >= 11 is 1.55. The van der Waals surface area contributed by atoms with Gasteiger partial charge < -0.3 is 4.74 Å². The van der Waals surface area contributed by atoms with Crippen LogP contribution in [-0.4, -0.2) is 23.0 Å². The van der Waals surface area contributed by atoms with Crippen LogP contribution in [0.3, 0.4) is 0 Å². The molecule has 2 aromatic heterocycles. The van der Waals surface area contributed by atoms with E-state index in [1.165, 1.54) is 5.56 Å². The molecule has 0 aliphatic heterocycles. The number of ether oxygens (including phenoxy) is 1. The summed E-state index contributed by atoms with van der Waals surface area (Å²) in [6.07, 6.45) is 4.78. The number of fused-ring (bicyclic) bond motifs is 1. The van der Waals surface area contributed by atoms with E-state index in [4.69, 9.17) is 9.72 Å². The fourth-order valence-corrected chi connectivity index (χ4v) is 4.29. The van der Waals surface area contributed by atoms with E-state index in [0.717, 1.165) is 33.5 Å². The maximum atomic E-state index is 13.3. The number of methoxy groups -OCH3 is 1. The van der Waals surface area contributed by atoms with E-state index in [1.807, 2.05) is 42.5 Å². The van der Waals surface area contributed by atoms with Crippen molar-refractivity contribution in [2.45, 2.75) is 26.3 Å². The monoisotopic (exact) mass is 417 g/mol. The van der Waals surface area contributed by atoms with Crippen molar-refractivity contribution in [2.75, 3.05) is 12.0 Å². The third-order valence-electron chi connectivity index (χ3n) is 4.96. The van der Waals surface area contributed by atoms with Crippen LogP contribution in [0.2, 0.25) is 0 Å². The number of nitrogens with zero attached hydrogens (tertiary/aromatic N) is 3. The molecule has 0 N–H and O–H groups in total. The van der Waals surface area contributed by atoms with Gasteiger partial charge in [-0.1, -0.05) is 42.5 Å². The average Bonchev–Trinajstić information content (AvgIpc) is 3.21. The van der Waals surface area contributed by atoms with Gasteiger partial charge in [-0.3, -0.25) is 14.7 Å². The molecule has 0 saturated carbocycles. The van der Waals surface area contributed by atoms with Gasteiger partial charge in [0.2, 0.25) is 5.91 Å². The van der Waals surface area contributed by atoms with Crippen molar-refractivity contribution >= 4 is 32.6 Å². The second-order valence-electron chi connectivity index (χ2n) is 7.02. The number of hydrogen-bond acceptors (Lipinski definition) is 5. The van der Waals surface area contributed by atoms with Crippen molar-refractivity contribution in [1.29, 1.82) is 0 Å². The van der Waals surface area contributed by atoms with Crippen molar-refractivity contribution in [3.63, 3.8) is 0 Å². The Morgan fingerprint density at radius 2 is 1.87 bits per heavy atom.